The standard InChI is InChI=1S/C10H9ClN2/c1-2-9-8-4-3-7(11)5-10(8)13-6-12-9/h3-6H,2H2,1H3. The van der Waals surface area contributed by atoms with Crippen molar-refractivity contribution in [1.82, 2.24) is 9.97 Å². The van der Waals surface area contributed by atoms with Crippen molar-refractivity contribution in [2.24, 2.45) is 0 Å². The summed E-state index contributed by atoms with van der Waals surface area (Å²) in [5, 5.41) is 1.81. The lowest BCUT2D eigenvalue weighted by Gasteiger charge is -2.01. The fraction of sp³-hybridized carbons (Fsp3) is 0.200. The molecule has 0 aliphatic heterocycles. The van der Waals surface area contributed by atoms with Crippen LogP contribution < -0.4 is 0 Å². The average Bonchev–Trinajstić information content (AvgIpc) is 2.16. The van der Waals surface area contributed by atoms with Gasteiger partial charge in [-0.3, -0.25) is 0 Å². The number of fused-ring (bicyclic) bond motifs is 1. The van der Waals surface area contributed by atoms with Crippen LogP contribution in [0.4, 0.5) is 0 Å². The Morgan fingerprint density at radius 2 is 2.15 bits per heavy atom. The van der Waals surface area contributed by atoms with E-state index in [2.05, 4.69) is 16.9 Å². The van der Waals surface area contributed by atoms with Crippen LogP contribution in [-0.4, -0.2) is 9.97 Å². The van der Waals surface area contributed by atoms with Gasteiger partial charge in [-0.2, -0.15) is 0 Å². The first-order chi connectivity index (χ1) is 6.31. The van der Waals surface area contributed by atoms with Gasteiger partial charge >= 0.3 is 0 Å². The summed E-state index contributed by atoms with van der Waals surface area (Å²) in [4.78, 5) is 8.36. The molecular formula is C10H9ClN2. The van der Waals surface area contributed by atoms with Crippen molar-refractivity contribution in [3.8, 4) is 0 Å². The SMILES string of the molecule is CCc1ncnc2cc(Cl)ccc12. The first-order valence-electron chi connectivity index (χ1n) is 4.20. The summed E-state index contributed by atoms with van der Waals surface area (Å²) in [6, 6.07) is 5.70. The molecular weight excluding hydrogens is 184 g/mol. The van der Waals surface area contributed by atoms with Crippen LogP contribution in [0.5, 0.6) is 0 Å². The molecule has 0 bridgehead atoms. The molecule has 13 heavy (non-hydrogen) atoms. The summed E-state index contributed by atoms with van der Waals surface area (Å²) in [6.45, 7) is 2.08. The number of aryl methyl sites for hydroxylation is 1. The molecule has 0 saturated heterocycles. The zero-order chi connectivity index (χ0) is 9.26. The third-order valence-corrected chi connectivity index (χ3v) is 2.25. The van der Waals surface area contributed by atoms with Gasteiger partial charge in [0.1, 0.15) is 6.33 Å². The van der Waals surface area contributed by atoms with Crippen LogP contribution in [0.2, 0.25) is 5.02 Å². The minimum Gasteiger partial charge on any atom is -0.241 e. The number of aromatic nitrogens is 2. The topological polar surface area (TPSA) is 25.8 Å². The van der Waals surface area contributed by atoms with Crippen LogP contribution >= 0.6 is 11.6 Å². The van der Waals surface area contributed by atoms with Crippen LogP contribution in [0.25, 0.3) is 10.9 Å². The number of nitrogens with zero attached hydrogens (tertiary/aromatic N) is 2. The summed E-state index contributed by atoms with van der Waals surface area (Å²) in [5.41, 5.74) is 1.99. The van der Waals surface area contributed by atoms with Crippen molar-refractivity contribution < 1.29 is 0 Å². The van der Waals surface area contributed by atoms with E-state index in [0.717, 1.165) is 23.0 Å². The molecule has 0 radical (unpaired) electrons. The smallest absolute Gasteiger partial charge is 0.116 e. The Hall–Kier alpha value is -1.15. The van der Waals surface area contributed by atoms with Gasteiger partial charge in [0, 0.05) is 10.4 Å². The molecule has 0 saturated carbocycles. The molecule has 0 spiro atoms. The fourth-order valence-corrected chi connectivity index (χ4v) is 1.53. The van der Waals surface area contributed by atoms with Crippen LogP contribution in [0.15, 0.2) is 24.5 Å². The Labute approximate surface area is 81.6 Å². The minimum absolute atomic E-state index is 0.716. The summed E-state index contributed by atoms with van der Waals surface area (Å²) in [7, 11) is 0. The Morgan fingerprint density at radius 3 is 2.92 bits per heavy atom. The van der Waals surface area contributed by atoms with E-state index in [1.54, 1.807) is 6.33 Å². The van der Waals surface area contributed by atoms with E-state index in [4.69, 9.17) is 11.6 Å². The van der Waals surface area contributed by atoms with E-state index in [9.17, 15) is 0 Å². The molecule has 0 N–H and O–H groups in total. The second-order valence-corrected chi connectivity index (χ2v) is 3.27. The molecule has 2 aromatic rings. The molecule has 2 nitrogen and oxygen atoms in total. The van der Waals surface area contributed by atoms with E-state index in [0.29, 0.717) is 5.02 Å². The Bertz CT molecular complexity index is 440. The summed E-state index contributed by atoms with van der Waals surface area (Å²) >= 11 is 5.85. The van der Waals surface area contributed by atoms with Gasteiger partial charge in [-0.25, -0.2) is 9.97 Å². The van der Waals surface area contributed by atoms with Gasteiger partial charge in [0.05, 0.1) is 11.2 Å². The first-order valence-corrected chi connectivity index (χ1v) is 4.58. The number of hydrogen-bond acceptors (Lipinski definition) is 2. The van der Waals surface area contributed by atoms with E-state index in [1.165, 1.54) is 0 Å². The van der Waals surface area contributed by atoms with Crippen molar-refractivity contribution in [3.63, 3.8) is 0 Å². The number of halogens is 1. The summed E-state index contributed by atoms with van der Waals surface area (Å²) in [5.74, 6) is 0. The van der Waals surface area contributed by atoms with Crippen molar-refractivity contribution >= 4 is 22.5 Å². The van der Waals surface area contributed by atoms with Crippen LogP contribution in [0, 0.1) is 0 Å². The largest absolute Gasteiger partial charge is 0.241 e. The van der Waals surface area contributed by atoms with Gasteiger partial charge < -0.3 is 0 Å². The zero-order valence-corrected chi connectivity index (χ0v) is 8.04. The maximum Gasteiger partial charge on any atom is 0.116 e. The van der Waals surface area contributed by atoms with Crippen LogP contribution in [-0.2, 0) is 6.42 Å². The monoisotopic (exact) mass is 192 g/mol. The minimum atomic E-state index is 0.716. The van der Waals surface area contributed by atoms with Crippen molar-refractivity contribution in [3.05, 3.63) is 35.2 Å². The highest BCUT2D eigenvalue weighted by Gasteiger charge is 2.01. The van der Waals surface area contributed by atoms with E-state index in [1.807, 2.05) is 18.2 Å². The average molecular weight is 193 g/mol. The second-order valence-electron chi connectivity index (χ2n) is 2.84. The Balaban J connectivity index is 2.77. The molecule has 1 aromatic heterocycles. The quantitative estimate of drug-likeness (QED) is 0.695. The molecule has 3 heteroatoms. The summed E-state index contributed by atoms with van der Waals surface area (Å²) < 4.78 is 0. The van der Waals surface area contributed by atoms with Crippen LogP contribution in [0.1, 0.15) is 12.6 Å². The predicted molar refractivity (Wildman–Crippen MR) is 53.9 cm³/mol. The molecule has 0 atom stereocenters. The van der Waals surface area contributed by atoms with E-state index in [-0.39, 0.29) is 0 Å². The molecule has 0 unspecified atom stereocenters. The Kier molecular flexibility index (Phi) is 2.15. The van der Waals surface area contributed by atoms with Crippen molar-refractivity contribution in [1.29, 1.82) is 0 Å². The molecule has 0 aliphatic rings. The molecule has 2 rings (SSSR count). The number of benzene rings is 1. The zero-order valence-electron chi connectivity index (χ0n) is 7.29. The maximum absolute atomic E-state index is 5.85. The summed E-state index contributed by atoms with van der Waals surface area (Å²) in [6.07, 6.45) is 2.50. The lowest BCUT2D eigenvalue weighted by Crippen LogP contribution is -1.90. The third kappa shape index (κ3) is 1.49. The van der Waals surface area contributed by atoms with E-state index >= 15 is 0 Å². The van der Waals surface area contributed by atoms with Gasteiger partial charge in [-0.05, 0) is 24.6 Å². The number of hydrogen-bond donors (Lipinski definition) is 0. The lowest BCUT2D eigenvalue weighted by atomic mass is 10.1. The molecule has 1 aromatic carbocycles. The highest BCUT2D eigenvalue weighted by Crippen LogP contribution is 2.19. The predicted octanol–water partition coefficient (Wildman–Crippen LogP) is 2.85. The molecule has 1 heterocycles. The van der Waals surface area contributed by atoms with Crippen molar-refractivity contribution in [2.75, 3.05) is 0 Å². The Morgan fingerprint density at radius 1 is 1.31 bits per heavy atom. The normalized spacial score (nSPS) is 10.6. The second kappa shape index (κ2) is 3.30. The van der Waals surface area contributed by atoms with Gasteiger partial charge in [0.25, 0.3) is 0 Å². The first kappa shape index (κ1) is 8.45. The lowest BCUT2D eigenvalue weighted by molar-refractivity contribution is 1.03. The van der Waals surface area contributed by atoms with Crippen molar-refractivity contribution in [2.45, 2.75) is 13.3 Å². The van der Waals surface area contributed by atoms with E-state index < -0.39 is 0 Å². The molecule has 0 amide bonds. The van der Waals surface area contributed by atoms with Crippen LogP contribution in [0.3, 0.4) is 0 Å². The third-order valence-electron chi connectivity index (χ3n) is 2.02. The highest BCUT2D eigenvalue weighted by molar-refractivity contribution is 6.31. The number of rotatable bonds is 1. The molecule has 66 valence electrons. The van der Waals surface area contributed by atoms with Gasteiger partial charge in [-0.1, -0.05) is 18.5 Å². The highest BCUT2D eigenvalue weighted by atomic mass is 35.5. The molecule has 0 fully saturated rings. The fourth-order valence-electron chi connectivity index (χ4n) is 1.37. The van der Waals surface area contributed by atoms with Gasteiger partial charge in [0.15, 0.2) is 0 Å². The van der Waals surface area contributed by atoms with Gasteiger partial charge in [0.2, 0.25) is 0 Å². The molecule has 0 aliphatic carbocycles. The maximum atomic E-state index is 5.85. The van der Waals surface area contributed by atoms with Gasteiger partial charge in [-0.15, -0.1) is 0 Å².